The predicted octanol–water partition coefficient (Wildman–Crippen LogP) is 13.3. The van der Waals surface area contributed by atoms with Crippen LogP contribution in [0.15, 0.2) is 212 Å². The third-order valence-electron chi connectivity index (χ3n) is 11.3. The van der Waals surface area contributed by atoms with Crippen LogP contribution in [0.4, 0.5) is 17.1 Å². The molecule has 0 atom stereocenters. The van der Waals surface area contributed by atoms with E-state index in [2.05, 4.69) is 108 Å². The molecule has 0 saturated carbocycles. The molecule has 0 radical (unpaired) electrons. The monoisotopic (exact) mass is 870 g/mol. The van der Waals surface area contributed by atoms with E-state index in [1.807, 2.05) is 136 Å². The molecule has 67 heavy (non-hydrogen) atoms. The van der Waals surface area contributed by atoms with Crippen LogP contribution in [0.25, 0.3) is 101 Å². The second-order valence-corrected chi connectivity index (χ2v) is 16.1. The van der Waals surface area contributed by atoms with Gasteiger partial charge < -0.3 is 22.1 Å². The predicted molar refractivity (Wildman–Crippen MR) is 280 cm³/mol. The third-order valence-corrected chi connectivity index (χ3v) is 11.3. The normalized spacial score (nSPS) is 10.8. The lowest BCUT2D eigenvalue weighted by atomic mass is 9.95. The van der Waals surface area contributed by atoms with Gasteiger partial charge in [-0.1, -0.05) is 164 Å². The van der Waals surface area contributed by atoms with Gasteiger partial charge in [-0.25, -0.2) is 19.9 Å². The van der Waals surface area contributed by atoms with Crippen LogP contribution < -0.4 is 22.1 Å². The summed E-state index contributed by atoms with van der Waals surface area (Å²) in [5.74, 6) is 0. The standard InChI is InChI=1S/C57H43N7.C2H7N/c1-60-49-31-15-28-46(36-49)57-56(45-27-14-30-48(59)35-45)62-51(38-18-7-3-8-19-38)54(64-57)43-25-12-23-41(33-43)40-22-11-24-42(32-40)53-50(37-16-5-2-6-17-37)61-52(39-20-9-4-10-21-39)55(63-53)44-26-13-29-47(58)34-44;1-3-2/h2-36,60H,58-59H2,1H3;3H,1-2H3. The Balaban J connectivity index is 0.00000183. The molecule has 326 valence electrons. The van der Waals surface area contributed by atoms with E-state index in [1.54, 1.807) is 0 Å². The zero-order valence-electron chi connectivity index (χ0n) is 37.7. The molecular formula is C59H50N8. The first-order chi connectivity index (χ1) is 32.9. The maximum absolute atomic E-state index is 6.36. The summed E-state index contributed by atoms with van der Waals surface area (Å²) < 4.78 is 0. The molecule has 8 heteroatoms. The Hall–Kier alpha value is -8.72. The number of benzene rings is 8. The number of nitrogen functional groups attached to an aromatic ring is 2. The van der Waals surface area contributed by atoms with Crippen molar-refractivity contribution in [2.24, 2.45) is 0 Å². The van der Waals surface area contributed by atoms with Gasteiger partial charge in [0.25, 0.3) is 0 Å². The number of nitrogens with one attached hydrogen (secondary N) is 2. The lowest BCUT2D eigenvalue weighted by Gasteiger charge is -2.18. The molecule has 0 unspecified atom stereocenters. The fourth-order valence-corrected chi connectivity index (χ4v) is 8.16. The van der Waals surface area contributed by atoms with Crippen LogP contribution in [0.1, 0.15) is 0 Å². The van der Waals surface area contributed by atoms with E-state index in [9.17, 15) is 0 Å². The minimum Gasteiger partial charge on any atom is -0.399 e. The highest BCUT2D eigenvalue weighted by Crippen LogP contribution is 2.41. The van der Waals surface area contributed by atoms with E-state index in [-0.39, 0.29) is 0 Å². The number of hydrogen-bond donors (Lipinski definition) is 4. The quantitative estimate of drug-likeness (QED) is 0.100. The Morgan fingerprint density at radius 1 is 0.269 bits per heavy atom. The SMILES string of the molecule is CNC.CNc1cccc(-c2nc(-c3cccc(-c4cccc(-c5nc(-c6cccc(N)c6)c(-c6ccccc6)nc5-c5ccccc5)c4)c3)c(-c3ccccc3)nc2-c2cccc(N)c2)c1. The molecule has 0 saturated heterocycles. The number of nitrogens with zero attached hydrogens (tertiary/aromatic N) is 4. The maximum atomic E-state index is 6.36. The van der Waals surface area contributed by atoms with Gasteiger partial charge in [0.15, 0.2) is 0 Å². The minimum absolute atomic E-state index is 0.657. The molecule has 0 spiro atoms. The van der Waals surface area contributed by atoms with Crippen LogP contribution in [0, 0.1) is 0 Å². The number of aromatic nitrogens is 4. The van der Waals surface area contributed by atoms with Crippen molar-refractivity contribution in [3.63, 3.8) is 0 Å². The number of nitrogens with two attached hydrogens (primary N) is 2. The third kappa shape index (κ3) is 9.56. The summed E-state index contributed by atoms with van der Waals surface area (Å²) in [5.41, 5.74) is 30.7. The van der Waals surface area contributed by atoms with Crippen molar-refractivity contribution < 1.29 is 0 Å². The van der Waals surface area contributed by atoms with Gasteiger partial charge in [0.1, 0.15) is 0 Å². The van der Waals surface area contributed by atoms with Gasteiger partial charge >= 0.3 is 0 Å². The summed E-state index contributed by atoms with van der Waals surface area (Å²) in [6.07, 6.45) is 0. The van der Waals surface area contributed by atoms with Gasteiger partial charge in [0, 0.05) is 68.6 Å². The molecule has 0 aliphatic heterocycles. The van der Waals surface area contributed by atoms with Crippen molar-refractivity contribution in [2.75, 3.05) is 37.9 Å². The first-order valence-corrected chi connectivity index (χ1v) is 22.2. The smallest absolute Gasteiger partial charge is 0.0974 e. The summed E-state index contributed by atoms with van der Waals surface area (Å²) >= 11 is 0. The minimum atomic E-state index is 0.657. The number of hydrogen-bond acceptors (Lipinski definition) is 8. The summed E-state index contributed by atoms with van der Waals surface area (Å²) in [5, 5.41) is 6.04. The maximum Gasteiger partial charge on any atom is 0.0974 e. The van der Waals surface area contributed by atoms with Crippen LogP contribution in [0.2, 0.25) is 0 Å². The topological polar surface area (TPSA) is 128 Å². The zero-order valence-corrected chi connectivity index (χ0v) is 37.7. The Bertz CT molecular complexity index is 3300. The van der Waals surface area contributed by atoms with Gasteiger partial charge in [-0.3, -0.25) is 0 Å². The molecule has 0 fully saturated rings. The molecule has 0 aliphatic carbocycles. The van der Waals surface area contributed by atoms with Crippen molar-refractivity contribution in [2.45, 2.75) is 0 Å². The van der Waals surface area contributed by atoms with Crippen LogP contribution in [-0.4, -0.2) is 41.1 Å². The van der Waals surface area contributed by atoms with Crippen molar-refractivity contribution >= 4 is 17.1 Å². The molecule has 6 N–H and O–H groups in total. The van der Waals surface area contributed by atoms with Gasteiger partial charge in [0.05, 0.1) is 45.6 Å². The van der Waals surface area contributed by atoms with Crippen LogP contribution in [-0.2, 0) is 0 Å². The van der Waals surface area contributed by atoms with Gasteiger partial charge in [0.2, 0.25) is 0 Å². The lowest BCUT2D eigenvalue weighted by Crippen LogP contribution is -2.02. The fourth-order valence-electron chi connectivity index (χ4n) is 8.16. The second-order valence-electron chi connectivity index (χ2n) is 16.1. The van der Waals surface area contributed by atoms with Gasteiger partial charge in [-0.15, -0.1) is 0 Å². The van der Waals surface area contributed by atoms with E-state index in [1.165, 1.54) is 0 Å². The zero-order chi connectivity index (χ0) is 46.1. The van der Waals surface area contributed by atoms with E-state index < -0.39 is 0 Å². The number of anilines is 3. The highest BCUT2D eigenvalue weighted by molar-refractivity contribution is 5.90. The first-order valence-electron chi connectivity index (χ1n) is 22.2. The lowest BCUT2D eigenvalue weighted by molar-refractivity contribution is 1.02. The molecule has 2 aromatic heterocycles. The van der Waals surface area contributed by atoms with Crippen molar-refractivity contribution in [1.29, 1.82) is 0 Å². The molecule has 0 aliphatic rings. The van der Waals surface area contributed by atoms with Crippen molar-refractivity contribution in [3.05, 3.63) is 212 Å². The largest absolute Gasteiger partial charge is 0.399 e. The highest BCUT2D eigenvalue weighted by Gasteiger charge is 2.22. The van der Waals surface area contributed by atoms with E-state index in [4.69, 9.17) is 31.4 Å². The van der Waals surface area contributed by atoms with Gasteiger partial charge in [-0.05, 0) is 73.8 Å². The average molecular weight is 871 g/mol. The van der Waals surface area contributed by atoms with Crippen molar-refractivity contribution in [1.82, 2.24) is 25.3 Å². The van der Waals surface area contributed by atoms with E-state index >= 15 is 0 Å². The molecule has 0 amide bonds. The Kier molecular flexibility index (Phi) is 13.0. The number of rotatable bonds is 10. The molecule has 0 bridgehead atoms. The van der Waals surface area contributed by atoms with E-state index in [0.717, 1.165) is 107 Å². The summed E-state index contributed by atoms with van der Waals surface area (Å²) in [7, 11) is 5.67. The molecule has 2 heterocycles. The van der Waals surface area contributed by atoms with Gasteiger partial charge in [-0.2, -0.15) is 0 Å². The molecular weight excluding hydrogens is 821 g/mol. The van der Waals surface area contributed by atoms with Crippen molar-refractivity contribution in [3.8, 4) is 101 Å². The molecule has 10 aromatic rings. The Morgan fingerprint density at radius 2 is 0.522 bits per heavy atom. The summed E-state index contributed by atoms with van der Waals surface area (Å²) in [4.78, 5) is 21.9. The average Bonchev–Trinajstić information content (AvgIpc) is 3.39. The van der Waals surface area contributed by atoms with Crippen LogP contribution in [0.5, 0.6) is 0 Å². The van der Waals surface area contributed by atoms with E-state index in [0.29, 0.717) is 11.4 Å². The second kappa shape index (κ2) is 20.0. The Labute approximate surface area is 392 Å². The Morgan fingerprint density at radius 3 is 0.851 bits per heavy atom. The van der Waals surface area contributed by atoms with Crippen LogP contribution >= 0.6 is 0 Å². The first kappa shape index (κ1) is 43.5. The summed E-state index contributed by atoms with van der Waals surface area (Å²) in [6, 6.07) is 71.7. The summed E-state index contributed by atoms with van der Waals surface area (Å²) in [6.45, 7) is 0. The molecule has 8 aromatic carbocycles. The highest BCUT2D eigenvalue weighted by atomic mass is 14.9. The fraction of sp³-hybridized carbons (Fsp3) is 0.0508. The van der Waals surface area contributed by atoms with Crippen LogP contribution in [0.3, 0.4) is 0 Å². The molecule has 10 rings (SSSR count). The molecule has 8 nitrogen and oxygen atoms in total.